The highest BCUT2D eigenvalue weighted by Crippen LogP contribution is 2.19. The van der Waals surface area contributed by atoms with Crippen LogP contribution in [0.25, 0.3) is 0 Å². The van der Waals surface area contributed by atoms with Crippen LogP contribution in [0.15, 0.2) is 12.2 Å². The SMILES string of the molecule is CCCCCCCCCCCCCCCCCCCCC(=O)OCCCCCCCCCCCCCC/C=C\CCCCCCCCCCCCCCCCC(=O)NC(CO)C(O)CCCCCCCCCCCCCCCC. The molecule has 0 aliphatic heterocycles. The molecule has 0 fully saturated rings. The lowest BCUT2D eigenvalue weighted by atomic mass is 10.0. The second kappa shape index (κ2) is 69.1. The van der Waals surface area contributed by atoms with Crippen molar-refractivity contribution in [2.24, 2.45) is 0 Å². The zero-order valence-corrected chi connectivity index (χ0v) is 53.9. The van der Waals surface area contributed by atoms with Gasteiger partial charge in [-0.2, -0.15) is 0 Å². The van der Waals surface area contributed by atoms with Crippen LogP contribution in [-0.2, 0) is 14.3 Å². The number of hydrogen-bond donors (Lipinski definition) is 3. The number of nitrogens with one attached hydrogen (secondary N) is 1. The summed E-state index contributed by atoms with van der Waals surface area (Å²) in [5.74, 6) is -0.00790. The van der Waals surface area contributed by atoms with E-state index in [4.69, 9.17) is 4.74 Å². The molecule has 2 atom stereocenters. The average molecular weight is 1110 g/mol. The third kappa shape index (κ3) is 65.6. The summed E-state index contributed by atoms with van der Waals surface area (Å²) in [5.41, 5.74) is 0. The van der Waals surface area contributed by atoms with Crippen molar-refractivity contribution < 1.29 is 24.5 Å². The van der Waals surface area contributed by atoms with Crippen molar-refractivity contribution in [3.8, 4) is 0 Å². The zero-order chi connectivity index (χ0) is 57.1. The van der Waals surface area contributed by atoms with E-state index in [1.807, 2.05) is 0 Å². The first kappa shape index (κ1) is 77.6. The Balaban J connectivity index is 3.33. The Morgan fingerprint density at radius 1 is 0.342 bits per heavy atom. The van der Waals surface area contributed by atoms with Crippen molar-refractivity contribution in [1.82, 2.24) is 5.32 Å². The van der Waals surface area contributed by atoms with Crippen LogP contribution < -0.4 is 5.32 Å². The molecule has 79 heavy (non-hydrogen) atoms. The van der Waals surface area contributed by atoms with Crippen LogP contribution in [-0.4, -0.2) is 47.4 Å². The van der Waals surface area contributed by atoms with Gasteiger partial charge in [-0.05, 0) is 51.4 Å². The number of allylic oxidation sites excluding steroid dienone is 2. The molecule has 0 aromatic carbocycles. The summed E-state index contributed by atoms with van der Waals surface area (Å²) >= 11 is 0. The monoisotopic (exact) mass is 1110 g/mol. The van der Waals surface area contributed by atoms with Crippen molar-refractivity contribution in [1.29, 1.82) is 0 Å². The van der Waals surface area contributed by atoms with Gasteiger partial charge in [0.2, 0.25) is 5.91 Å². The lowest BCUT2D eigenvalue weighted by molar-refractivity contribution is -0.143. The van der Waals surface area contributed by atoms with Crippen molar-refractivity contribution in [3.05, 3.63) is 12.2 Å². The first-order chi connectivity index (χ1) is 39.0. The van der Waals surface area contributed by atoms with Gasteiger partial charge in [0.05, 0.1) is 25.4 Å². The fraction of sp³-hybridized carbons (Fsp3) is 0.945. The van der Waals surface area contributed by atoms with E-state index < -0.39 is 12.1 Å². The van der Waals surface area contributed by atoms with Gasteiger partial charge in [0.25, 0.3) is 0 Å². The number of rotatable bonds is 69. The second-order valence-corrected chi connectivity index (χ2v) is 25.3. The third-order valence-electron chi connectivity index (χ3n) is 17.3. The van der Waals surface area contributed by atoms with Crippen LogP contribution in [0.2, 0.25) is 0 Å². The van der Waals surface area contributed by atoms with E-state index >= 15 is 0 Å². The minimum Gasteiger partial charge on any atom is -0.466 e. The van der Waals surface area contributed by atoms with E-state index in [9.17, 15) is 19.8 Å². The molecule has 1 amide bonds. The van der Waals surface area contributed by atoms with E-state index in [-0.39, 0.29) is 18.5 Å². The fourth-order valence-corrected chi connectivity index (χ4v) is 11.8. The van der Waals surface area contributed by atoms with Crippen LogP contribution in [0.1, 0.15) is 418 Å². The summed E-state index contributed by atoms with van der Waals surface area (Å²) < 4.78 is 5.51. The van der Waals surface area contributed by atoms with Crippen LogP contribution in [0.3, 0.4) is 0 Å². The predicted molar refractivity (Wildman–Crippen MR) is 347 cm³/mol. The Hall–Kier alpha value is -1.40. The Bertz CT molecular complexity index is 1190. The summed E-state index contributed by atoms with van der Waals surface area (Å²) in [6.07, 6.45) is 85.6. The highest BCUT2D eigenvalue weighted by Gasteiger charge is 2.20. The largest absolute Gasteiger partial charge is 0.466 e. The number of amides is 1. The van der Waals surface area contributed by atoms with Crippen molar-refractivity contribution >= 4 is 11.9 Å². The van der Waals surface area contributed by atoms with Gasteiger partial charge in [0, 0.05) is 12.8 Å². The van der Waals surface area contributed by atoms with Gasteiger partial charge in [-0.3, -0.25) is 9.59 Å². The lowest BCUT2D eigenvalue weighted by Crippen LogP contribution is -2.45. The van der Waals surface area contributed by atoms with E-state index in [1.54, 1.807) is 0 Å². The van der Waals surface area contributed by atoms with E-state index in [0.717, 1.165) is 38.5 Å². The Morgan fingerprint density at radius 3 is 0.899 bits per heavy atom. The second-order valence-electron chi connectivity index (χ2n) is 25.3. The number of unbranched alkanes of at least 4 members (excludes halogenated alkanes) is 56. The van der Waals surface area contributed by atoms with Crippen molar-refractivity contribution in [2.45, 2.75) is 431 Å². The molecular weight excluding hydrogens is 971 g/mol. The van der Waals surface area contributed by atoms with Crippen molar-refractivity contribution in [2.75, 3.05) is 13.2 Å². The van der Waals surface area contributed by atoms with E-state index in [1.165, 1.54) is 347 Å². The van der Waals surface area contributed by atoms with Crippen LogP contribution >= 0.6 is 0 Å². The standard InChI is InChI=1S/C73H143NO5/c1-3-5-7-9-11-13-15-17-19-20-36-39-43-47-51-55-59-63-67-73(78)79-68-64-60-56-52-48-44-40-37-34-32-30-28-26-24-22-21-23-25-27-29-31-33-35-38-42-46-50-54-58-62-66-72(77)74-70(69-75)71(76)65-61-57-53-49-45-41-18-16-14-12-10-8-6-4-2/h22,24,70-71,75-76H,3-21,23,25-69H2,1-2H3,(H,74,77)/b24-22-. The number of aliphatic hydroxyl groups excluding tert-OH is 2. The van der Waals surface area contributed by atoms with E-state index in [2.05, 4.69) is 31.3 Å². The summed E-state index contributed by atoms with van der Waals surface area (Å²) in [6, 6.07) is -0.539. The third-order valence-corrected chi connectivity index (χ3v) is 17.3. The molecule has 0 radical (unpaired) electrons. The molecule has 0 aliphatic carbocycles. The number of carbonyl (C=O) groups excluding carboxylic acids is 2. The van der Waals surface area contributed by atoms with Gasteiger partial charge in [-0.25, -0.2) is 0 Å². The molecule has 6 heteroatoms. The molecule has 0 aromatic rings. The predicted octanol–water partition coefficient (Wildman–Crippen LogP) is 23.5. The van der Waals surface area contributed by atoms with Gasteiger partial charge >= 0.3 is 5.97 Å². The normalized spacial score (nSPS) is 12.5. The quantitative estimate of drug-likeness (QED) is 0.0320. The van der Waals surface area contributed by atoms with Gasteiger partial charge < -0.3 is 20.3 Å². The molecule has 0 rings (SSSR count). The van der Waals surface area contributed by atoms with Crippen LogP contribution in [0.5, 0.6) is 0 Å². The maximum absolute atomic E-state index is 12.5. The van der Waals surface area contributed by atoms with Gasteiger partial charge in [-0.15, -0.1) is 0 Å². The van der Waals surface area contributed by atoms with Gasteiger partial charge in [0.1, 0.15) is 0 Å². The van der Waals surface area contributed by atoms with Crippen LogP contribution in [0.4, 0.5) is 0 Å². The number of aliphatic hydroxyl groups is 2. The van der Waals surface area contributed by atoms with Gasteiger partial charge in [0.15, 0.2) is 0 Å². The summed E-state index contributed by atoms with van der Waals surface area (Å²) in [7, 11) is 0. The molecule has 0 bridgehead atoms. The lowest BCUT2D eigenvalue weighted by Gasteiger charge is -2.22. The minimum atomic E-state index is -0.662. The Morgan fingerprint density at radius 2 is 0.595 bits per heavy atom. The molecule has 0 spiro atoms. The molecule has 0 aliphatic rings. The smallest absolute Gasteiger partial charge is 0.305 e. The molecule has 0 aromatic heterocycles. The summed E-state index contributed by atoms with van der Waals surface area (Å²) in [4.78, 5) is 24.6. The summed E-state index contributed by atoms with van der Waals surface area (Å²) in [6.45, 7) is 5.00. The van der Waals surface area contributed by atoms with Gasteiger partial charge in [-0.1, -0.05) is 366 Å². The highest BCUT2D eigenvalue weighted by molar-refractivity contribution is 5.76. The number of hydrogen-bond acceptors (Lipinski definition) is 5. The molecule has 470 valence electrons. The highest BCUT2D eigenvalue weighted by atomic mass is 16.5. The van der Waals surface area contributed by atoms with Crippen molar-refractivity contribution in [3.63, 3.8) is 0 Å². The zero-order valence-electron chi connectivity index (χ0n) is 53.9. The molecule has 6 nitrogen and oxygen atoms in total. The molecule has 0 saturated carbocycles. The Labute approximate surface area is 495 Å². The maximum atomic E-state index is 12.5. The molecule has 3 N–H and O–H groups in total. The molecular formula is C73H143NO5. The Kier molecular flexibility index (Phi) is 67.9. The topological polar surface area (TPSA) is 95.9 Å². The first-order valence-electron chi connectivity index (χ1n) is 36.4. The number of carbonyl (C=O) groups is 2. The number of esters is 1. The minimum absolute atomic E-state index is 0.0226. The number of ether oxygens (including phenoxy) is 1. The average Bonchev–Trinajstić information content (AvgIpc) is 3.45. The van der Waals surface area contributed by atoms with Crippen LogP contribution in [0, 0.1) is 0 Å². The first-order valence-corrected chi connectivity index (χ1v) is 36.4. The van der Waals surface area contributed by atoms with E-state index in [0.29, 0.717) is 25.9 Å². The molecule has 0 saturated heterocycles. The fourth-order valence-electron chi connectivity index (χ4n) is 11.8. The molecule has 0 heterocycles. The maximum Gasteiger partial charge on any atom is 0.305 e. The molecule has 2 unspecified atom stereocenters. The summed E-state index contributed by atoms with van der Waals surface area (Å²) in [5, 5.41) is 23.3.